The van der Waals surface area contributed by atoms with Gasteiger partial charge in [-0.3, -0.25) is 4.79 Å². The Hall–Kier alpha value is -1.51. The monoisotopic (exact) mass is 235 g/mol. The van der Waals surface area contributed by atoms with E-state index < -0.39 is 0 Å². The van der Waals surface area contributed by atoms with Crippen molar-refractivity contribution in [2.45, 2.75) is 26.7 Å². The Kier molecular flexibility index (Phi) is 5.01. The highest BCUT2D eigenvalue weighted by molar-refractivity contribution is 5.94. The number of hydrogen-bond acceptors (Lipinski definition) is 2. The summed E-state index contributed by atoms with van der Waals surface area (Å²) in [5.41, 5.74) is 0.876. The minimum atomic E-state index is 0.103. The molecule has 0 saturated heterocycles. The second-order valence-corrected chi connectivity index (χ2v) is 4.11. The predicted octanol–water partition coefficient (Wildman–Crippen LogP) is 3.09. The predicted molar refractivity (Wildman–Crippen MR) is 70.5 cm³/mol. The van der Waals surface area contributed by atoms with Gasteiger partial charge in [0, 0.05) is 24.7 Å². The molecule has 0 saturated carbocycles. The van der Waals surface area contributed by atoms with Crippen LogP contribution in [-0.2, 0) is 4.79 Å². The Morgan fingerprint density at radius 1 is 1.35 bits per heavy atom. The smallest absolute Gasteiger partial charge is 0.229 e. The Morgan fingerprint density at radius 3 is 2.53 bits per heavy atom. The lowest BCUT2D eigenvalue weighted by Crippen LogP contribution is -2.32. The number of anilines is 1. The standard InChI is InChI=1S/C14H21NO2/c1-5-11(6-2)14(16)15(3)12-8-7-9-13(10-12)17-4/h7-11H,5-6H2,1-4H3. The van der Waals surface area contributed by atoms with E-state index in [1.165, 1.54) is 0 Å². The Labute approximate surface area is 103 Å². The molecular formula is C14H21NO2. The number of hydrogen-bond donors (Lipinski definition) is 0. The summed E-state index contributed by atoms with van der Waals surface area (Å²) in [5, 5.41) is 0. The van der Waals surface area contributed by atoms with Crippen molar-refractivity contribution in [2.75, 3.05) is 19.1 Å². The van der Waals surface area contributed by atoms with Crippen LogP contribution in [0.25, 0.3) is 0 Å². The third-order valence-corrected chi connectivity index (χ3v) is 3.11. The topological polar surface area (TPSA) is 29.5 Å². The number of benzene rings is 1. The number of carbonyl (C=O) groups excluding carboxylic acids is 1. The van der Waals surface area contributed by atoms with Crippen molar-refractivity contribution in [2.24, 2.45) is 5.92 Å². The molecule has 17 heavy (non-hydrogen) atoms. The molecule has 0 fully saturated rings. The van der Waals surface area contributed by atoms with E-state index in [0.717, 1.165) is 24.3 Å². The fourth-order valence-electron chi connectivity index (χ4n) is 1.86. The molecule has 0 aliphatic heterocycles. The molecule has 0 unspecified atom stereocenters. The van der Waals surface area contributed by atoms with Crippen LogP contribution in [-0.4, -0.2) is 20.1 Å². The summed E-state index contributed by atoms with van der Waals surface area (Å²) in [6, 6.07) is 7.56. The molecule has 1 aromatic rings. The van der Waals surface area contributed by atoms with Crippen LogP contribution in [0, 0.1) is 5.92 Å². The molecule has 0 atom stereocenters. The molecular weight excluding hydrogens is 214 g/mol. The number of ether oxygens (including phenoxy) is 1. The van der Waals surface area contributed by atoms with Crippen LogP contribution >= 0.6 is 0 Å². The first-order valence-corrected chi connectivity index (χ1v) is 6.05. The Morgan fingerprint density at radius 2 is 2.00 bits per heavy atom. The molecule has 0 aliphatic rings. The van der Waals surface area contributed by atoms with Crippen molar-refractivity contribution in [1.82, 2.24) is 0 Å². The van der Waals surface area contributed by atoms with Crippen molar-refractivity contribution < 1.29 is 9.53 Å². The molecule has 0 aliphatic carbocycles. The second kappa shape index (κ2) is 6.28. The van der Waals surface area contributed by atoms with Gasteiger partial charge in [0.15, 0.2) is 0 Å². The van der Waals surface area contributed by atoms with Crippen molar-refractivity contribution >= 4 is 11.6 Å². The summed E-state index contributed by atoms with van der Waals surface area (Å²) >= 11 is 0. The summed E-state index contributed by atoms with van der Waals surface area (Å²) in [5.74, 6) is 1.04. The van der Waals surface area contributed by atoms with Gasteiger partial charge in [0.25, 0.3) is 0 Å². The van der Waals surface area contributed by atoms with Crippen LogP contribution in [0.2, 0.25) is 0 Å². The Bertz CT molecular complexity index is 372. The lowest BCUT2D eigenvalue weighted by atomic mass is 10.0. The zero-order valence-corrected chi connectivity index (χ0v) is 11.1. The van der Waals surface area contributed by atoms with E-state index >= 15 is 0 Å². The maximum Gasteiger partial charge on any atom is 0.229 e. The lowest BCUT2D eigenvalue weighted by Gasteiger charge is -2.22. The van der Waals surface area contributed by atoms with Crippen molar-refractivity contribution in [3.63, 3.8) is 0 Å². The maximum atomic E-state index is 12.2. The van der Waals surface area contributed by atoms with Crippen LogP contribution < -0.4 is 9.64 Å². The largest absolute Gasteiger partial charge is 0.497 e. The van der Waals surface area contributed by atoms with Crippen molar-refractivity contribution in [3.05, 3.63) is 24.3 Å². The fourth-order valence-corrected chi connectivity index (χ4v) is 1.86. The van der Waals surface area contributed by atoms with Gasteiger partial charge >= 0.3 is 0 Å². The van der Waals surface area contributed by atoms with Crippen LogP contribution in [0.1, 0.15) is 26.7 Å². The molecule has 1 rings (SSSR count). The van der Waals surface area contributed by atoms with Crippen molar-refractivity contribution in [1.29, 1.82) is 0 Å². The van der Waals surface area contributed by atoms with Crippen molar-refractivity contribution in [3.8, 4) is 5.75 Å². The normalized spacial score (nSPS) is 10.4. The highest BCUT2D eigenvalue weighted by Gasteiger charge is 2.19. The van der Waals surface area contributed by atoms with Gasteiger partial charge in [-0.2, -0.15) is 0 Å². The van der Waals surface area contributed by atoms with Gasteiger partial charge in [-0.1, -0.05) is 19.9 Å². The number of nitrogens with zero attached hydrogens (tertiary/aromatic N) is 1. The quantitative estimate of drug-likeness (QED) is 0.785. The van der Waals surface area contributed by atoms with Gasteiger partial charge in [0.05, 0.1) is 7.11 Å². The summed E-state index contributed by atoms with van der Waals surface area (Å²) in [6.45, 7) is 4.09. The lowest BCUT2D eigenvalue weighted by molar-refractivity contribution is -0.122. The van der Waals surface area contributed by atoms with Gasteiger partial charge in [0.1, 0.15) is 5.75 Å². The zero-order chi connectivity index (χ0) is 12.8. The van der Waals surface area contributed by atoms with E-state index in [9.17, 15) is 4.79 Å². The van der Waals surface area contributed by atoms with Gasteiger partial charge in [-0.25, -0.2) is 0 Å². The summed E-state index contributed by atoms with van der Waals surface area (Å²) in [6.07, 6.45) is 1.76. The van der Waals surface area contributed by atoms with Gasteiger partial charge in [0.2, 0.25) is 5.91 Å². The van der Waals surface area contributed by atoms with E-state index in [0.29, 0.717) is 0 Å². The molecule has 0 heterocycles. The number of carbonyl (C=O) groups is 1. The SMILES string of the molecule is CCC(CC)C(=O)N(C)c1cccc(OC)c1. The molecule has 0 bridgehead atoms. The van der Waals surface area contributed by atoms with Crippen LogP contribution in [0.3, 0.4) is 0 Å². The maximum absolute atomic E-state index is 12.2. The van der Waals surface area contributed by atoms with E-state index in [4.69, 9.17) is 4.74 Å². The van der Waals surface area contributed by atoms with E-state index in [-0.39, 0.29) is 11.8 Å². The Balaban J connectivity index is 2.87. The summed E-state index contributed by atoms with van der Waals surface area (Å²) in [7, 11) is 3.44. The third-order valence-electron chi connectivity index (χ3n) is 3.11. The average molecular weight is 235 g/mol. The molecule has 0 spiro atoms. The van der Waals surface area contributed by atoms with E-state index in [1.807, 2.05) is 45.2 Å². The van der Waals surface area contributed by atoms with Crippen LogP contribution in [0.15, 0.2) is 24.3 Å². The fraction of sp³-hybridized carbons (Fsp3) is 0.500. The first kappa shape index (κ1) is 13.6. The summed E-state index contributed by atoms with van der Waals surface area (Å²) < 4.78 is 5.16. The molecule has 94 valence electrons. The van der Waals surface area contributed by atoms with E-state index in [2.05, 4.69) is 0 Å². The second-order valence-electron chi connectivity index (χ2n) is 4.11. The highest BCUT2D eigenvalue weighted by atomic mass is 16.5. The van der Waals surface area contributed by atoms with E-state index in [1.54, 1.807) is 12.0 Å². The van der Waals surface area contributed by atoms with Crippen LogP contribution in [0.4, 0.5) is 5.69 Å². The van der Waals surface area contributed by atoms with Gasteiger partial charge in [-0.15, -0.1) is 0 Å². The number of rotatable bonds is 5. The molecule has 0 radical (unpaired) electrons. The molecule has 1 amide bonds. The number of methoxy groups -OCH3 is 1. The van der Waals surface area contributed by atoms with Crippen LogP contribution in [0.5, 0.6) is 5.75 Å². The zero-order valence-electron chi connectivity index (χ0n) is 11.1. The minimum Gasteiger partial charge on any atom is -0.497 e. The average Bonchev–Trinajstić information content (AvgIpc) is 2.39. The molecule has 0 N–H and O–H groups in total. The molecule has 3 heteroatoms. The molecule has 0 aromatic heterocycles. The number of amides is 1. The highest BCUT2D eigenvalue weighted by Crippen LogP contribution is 2.22. The molecule has 3 nitrogen and oxygen atoms in total. The summed E-state index contributed by atoms with van der Waals surface area (Å²) in [4.78, 5) is 13.9. The molecule has 1 aromatic carbocycles. The third kappa shape index (κ3) is 3.22. The van der Waals surface area contributed by atoms with Gasteiger partial charge < -0.3 is 9.64 Å². The minimum absolute atomic E-state index is 0.103. The first-order valence-electron chi connectivity index (χ1n) is 6.05. The first-order chi connectivity index (χ1) is 8.13. The van der Waals surface area contributed by atoms with Gasteiger partial charge in [-0.05, 0) is 25.0 Å².